The lowest BCUT2D eigenvalue weighted by Gasteiger charge is -2.37. The summed E-state index contributed by atoms with van der Waals surface area (Å²) in [6, 6.07) is 2.61. The van der Waals surface area contributed by atoms with Crippen LogP contribution in [0.3, 0.4) is 0 Å². The van der Waals surface area contributed by atoms with Gasteiger partial charge in [0.2, 0.25) is 0 Å². The lowest BCUT2D eigenvalue weighted by molar-refractivity contribution is 0.0578. The van der Waals surface area contributed by atoms with Crippen LogP contribution in [0.2, 0.25) is 0 Å². The van der Waals surface area contributed by atoms with Crippen LogP contribution in [0.15, 0.2) is 27.7 Å². The molecule has 2 aromatic heterocycles. The quantitative estimate of drug-likeness (QED) is 0.875. The SMILES string of the molecule is C[C@H](c1ccsc1)N1CCN(C(=O)c2cscn2)CC1. The lowest BCUT2D eigenvalue weighted by Crippen LogP contribution is -2.49. The van der Waals surface area contributed by atoms with Crippen molar-refractivity contribution in [3.05, 3.63) is 39.0 Å². The van der Waals surface area contributed by atoms with Crippen LogP contribution >= 0.6 is 22.7 Å². The van der Waals surface area contributed by atoms with Crippen molar-refractivity contribution in [2.24, 2.45) is 0 Å². The molecule has 1 aliphatic heterocycles. The highest BCUT2D eigenvalue weighted by molar-refractivity contribution is 7.08. The second-order valence-electron chi connectivity index (χ2n) is 4.93. The number of piperazine rings is 1. The van der Waals surface area contributed by atoms with Crippen LogP contribution in [0.5, 0.6) is 0 Å². The monoisotopic (exact) mass is 307 g/mol. The molecule has 0 bridgehead atoms. The van der Waals surface area contributed by atoms with Crippen molar-refractivity contribution in [2.45, 2.75) is 13.0 Å². The van der Waals surface area contributed by atoms with Crippen molar-refractivity contribution in [2.75, 3.05) is 26.2 Å². The molecule has 0 aromatic carbocycles. The smallest absolute Gasteiger partial charge is 0.273 e. The molecule has 20 heavy (non-hydrogen) atoms. The molecule has 1 saturated heterocycles. The fourth-order valence-electron chi connectivity index (χ4n) is 2.52. The zero-order chi connectivity index (χ0) is 13.9. The van der Waals surface area contributed by atoms with Gasteiger partial charge in [-0.1, -0.05) is 0 Å². The summed E-state index contributed by atoms with van der Waals surface area (Å²) in [6.45, 7) is 5.65. The molecule has 106 valence electrons. The molecule has 3 rings (SSSR count). The summed E-state index contributed by atoms with van der Waals surface area (Å²) in [5, 5.41) is 6.15. The van der Waals surface area contributed by atoms with Gasteiger partial charge in [-0.25, -0.2) is 4.98 Å². The van der Waals surface area contributed by atoms with Gasteiger partial charge in [-0.05, 0) is 29.3 Å². The van der Waals surface area contributed by atoms with Crippen LogP contribution in [0.4, 0.5) is 0 Å². The summed E-state index contributed by atoms with van der Waals surface area (Å²) in [6.07, 6.45) is 0. The molecule has 0 saturated carbocycles. The second kappa shape index (κ2) is 6.03. The van der Waals surface area contributed by atoms with E-state index in [2.05, 4.69) is 33.6 Å². The second-order valence-corrected chi connectivity index (χ2v) is 6.43. The number of thiazole rings is 1. The highest BCUT2D eigenvalue weighted by Crippen LogP contribution is 2.23. The van der Waals surface area contributed by atoms with Crippen LogP contribution < -0.4 is 0 Å². The number of carbonyl (C=O) groups is 1. The lowest BCUT2D eigenvalue weighted by atomic mass is 10.1. The Labute approximate surface area is 126 Å². The zero-order valence-electron chi connectivity index (χ0n) is 11.4. The largest absolute Gasteiger partial charge is 0.335 e. The van der Waals surface area contributed by atoms with E-state index in [1.165, 1.54) is 16.9 Å². The Morgan fingerprint density at radius 3 is 2.65 bits per heavy atom. The van der Waals surface area contributed by atoms with Crippen molar-refractivity contribution in [3.63, 3.8) is 0 Å². The molecule has 2 aromatic rings. The molecule has 0 N–H and O–H groups in total. The van der Waals surface area contributed by atoms with Crippen LogP contribution in [0.1, 0.15) is 29.0 Å². The van der Waals surface area contributed by atoms with E-state index in [4.69, 9.17) is 0 Å². The molecule has 1 atom stereocenters. The first-order chi connectivity index (χ1) is 9.75. The molecule has 0 unspecified atom stereocenters. The number of amides is 1. The molecule has 3 heterocycles. The molecule has 0 aliphatic carbocycles. The number of nitrogens with zero attached hydrogens (tertiary/aromatic N) is 3. The van der Waals surface area contributed by atoms with Gasteiger partial charge >= 0.3 is 0 Å². The van der Waals surface area contributed by atoms with Gasteiger partial charge in [0.1, 0.15) is 5.69 Å². The molecule has 1 fully saturated rings. The molecule has 0 spiro atoms. The van der Waals surface area contributed by atoms with Crippen molar-refractivity contribution in [3.8, 4) is 0 Å². The highest BCUT2D eigenvalue weighted by Gasteiger charge is 2.26. The predicted molar refractivity (Wildman–Crippen MR) is 82.3 cm³/mol. The van der Waals surface area contributed by atoms with Gasteiger partial charge in [0, 0.05) is 37.6 Å². The molecule has 1 amide bonds. The minimum absolute atomic E-state index is 0.0640. The molecule has 6 heteroatoms. The topological polar surface area (TPSA) is 36.4 Å². The van der Waals surface area contributed by atoms with Gasteiger partial charge in [-0.15, -0.1) is 11.3 Å². The van der Waals surface area contributed by atoms with Gasteiger partial charge in [0.15, 0.2) is 0 Å². The van der Waals surface area contributed by atoms with E-state index in [0.717, 1.165) is 26.2 Å². The number of aromatic nitrogens is 1. The minimum Gasteiger partial charge on any atom is -0.335 e. The molecule has 0 radical (unpaired) electrons. The summed E-state index contributed by atoms with van der Waals surface area (Å²) in [7, 11) is 0. The Bertz CT molecular complexity index is 545. The number of rotatable bonds is 3. The van der Waals surface area contributed by atoms with Crippen LogP contribution in [-0.2, 0) is 0 Å². The average Bonchev–Trinajstić information content (AvgIpc) is 3.18. The van der Waals surface area contributed by atoms with Crippen LogP contribution in [0, 0.1) is 0 Å². The summed E-state index contributed by atoms with van der Waals surface area (Å²) in [4.78, 5) is 20.7. The summed E-state index contributed by atoms with van der Waals surface area (Å²) in [5.41, 5.74) is 3.66. The first kappa shape index (κ1) is 13.7. The highest BCUT2D eigenvalue weighted by atomic mass is 32.1. The van der Waals surface area contributed by atoms with Gasteiger partial charge in [0.25, 0.3) is 5.91 Å². The van der Waals surface area contributed by atoms with E-state index >= 15 is 0 Å². The normalized spacial score (nSPS) is 18.1. The maximum Gasteiger partial charge on any atom is 0.273 e. The van der Waals surface area contributed by atoms with Crippen molar-refractivity contribution in [1.82, 2.24) is 14.8 Å². The number of thiophene rings is 1. The molecular weight excluding hydrogens is 290 g/mol. The standard InChI is InChI=1S/C14H17N3OS2/c1-11(12-2-7-19-8-12)16-3-5-17(6-4-16)14(18)13-9-20-10-15-13/h2,7-11H,3-6H2,1H3/t11-/m1/s1. The third-order valence-electron chi connectivity index (χ3n) is 3.83. The fraction of sp³-hybridized carbons (Fsp3) is 0.429. The predicted octanol–water partition coefficient (Wildman–Crippen LogP) is 2.72. The Balaban J connectivity index is 1.58. The summed E-state index contributed by atoms with van der Waals surface area (Å²) < 4.78 is 0. The van der Waals surface area contributed by atoms with E-state index in [1.54, 1.807) is 16.8 Å². The Kier molecular flexibility index (Phi) is 4.14. The first-order valence-corrected chi connectivity index (χ1v) is 8.58. The van der Waals surface area contributed by atoms with E-state index in [1.807, 2.05) is 10.3 Å². The van der Waals surface area contributed by atoms with Crippen molar-refractivity contribution >= 4 is 28.6 Å². The maximum atomic E-state index is 12.2. The van der Waals surface area contributed by atoms with Gasteiger partial charge in [0.05, 0.1) is 5.51 Å². The molecular formula is C14H17N3OS2. The maximum absolute atomic E-state index is 12.2. The van der Waals surface area contributed by atoms with Gasteiger partial charge in [-0.3, -0.25) is 9.69 Å². The van der Waals surface area contributed by atoms with E-state index < -0.39 is 0 Å². The van der Waals surface area contributed by atoms with E-state index in [-0.39, 0.29) is 5.91 Å². The third kappa shape index (κ3) is 2.77. The number of carbonyl (C=O) groups excluding carboxylic acids is 1. The minimum atomic E-state index is 0.0640. The van der Waals surface area contributed by atoms with Crippen molar-refractivity contribution in [1.29, 1.82) is 0 Å². The fourth-order valence-corrected chi connectivity index (χ4v) is 3.79. The van der Waals surface area contributed by atoms with Gasteiger partial charge < -0.3 is 4.90 Å². The van der Waals surface area contributed by atoms with E-state index in [9.17, 15) is 4.79 Å². The molecule has 1 aliphatic rings. The van der Waals surface area contributed by atoms with Gasteiger partial charge in [-0.2, -0.15) is 11.3 Å². The van der Waals surface area contributed by atoms with Crippen LogP contribution in [-0.4, -0.2) is 46.9 Å². The Morgan fingerprint density at radius 2 is 2.05 bits per heavy atom. The Hall–Kier alpha value is -1.24. The summed E-state index contributed by atoms with van der Waals surface area (Å²) in [5.74, 6) is 0.0640. The van der Waals surface area contributed by atoms with Crippen LogP contribution in [0.25, 0.3) is 0 Å². The first-order valence-electron chi connectivity index (χ1n) is 6.69. The third-order valence-corrected chi connectivity index (χ3v) is 5.11. The average molecular weight is 307 g/mol. The number of hydrogen-bond donors (Lipinski definition) is 0. The summed E-state index contributed by atoms with van der Waals surface area (Å²) >= 11 is 3.21. The molecule has 4 nitrogen and oxygen atoms in total. The van der Waals surface area contributed by atoms with Crippen molar-refractivity contribution < 1.29 is 4.79 Å². The zero-order valence-corrected chi connectivity index (χ0v) is 13.0. The van der Waals surface area contributed by atoms with E-state index in [0.29, 0.717) is 11.7 Å². The number of hydrogen-bond acceptors (Lipinski definition) is 5. The Morgan fingerprint density at radius 1 is 1.25 bits per heavy atom.